The summed E-state index contributed by atoms with van der Waals surface area (Å²) in [5.74, 6) is -4.04. The summed E-state index contributed by atoms with van der Waals surface area (Å²) in [6.07, 6.45) is -5.06. The Morgan fingerprint density at radius 3 is 1.93 bits per heavy atom. The van der Waals surface area contributed by atoms with Crippen molar-refractivity contribution in [3.63, 3.8) is 0 Å². The molecule has 3 rings (SSSR count). The Morgan fingerprint density at radius 2 is 1.36 bits per heavy atom. The number of hydrogen-bond acceptors (Lipinski definition) is 11. The van der Waals surface area contributed by atoms with E-state index >= 15 is 0 Å². The van der Waals surface area contributed by atoms with Crippen molar-refractivity contribution in [3.8, 4) is 0 Å². The van der Waals surface area contributed by atoms with E-state index < -0.39 is 76.6 Å². The first-order valence-electron chi connectivity index (χ1n) is 14.0. The number of esters is 4. The summed E-state index contributed by atoms with van der Waals surface area (Å²) in [6, 6.07) is 16.4. The standard InChI is InChI=1S/C31H35IN2O11/c1-18(35)41-17-24-28(43-19(2)36)29(44-20(3)37)27(32)30(45-24)34-26(39)15-23(31(40)42-16-22-12-8-5-9-13-22)33-25(38)14-21-10-6-4-7-11-21/h4-13,23-24,27-30H,14-17H2,1-3H3,(H,33,38)(H,34,39)/t23?,24-,27-,28-,29-,30-/m1/s1. The Morgan fingerprint density at radius 1 is 0.778 bits per heavy atom. The lowest BCUT2D eigenvalue weighted by molar-refractivity contribution is -0.214. The first-order valence-corrected chi connectivity index (χ1v) is 15.3. The van der Waals surface area contributed by atoms with Gasteiger partial charge >= 0.3 is 23.9 Å². The molecule has 2 aromatic carbocycles. The molecule has 0 aromatic heterocycles. The van der Waals surface area contributed by atoms with E-state index in [4.69, 9.17) is 23.7 Å². The summed E-state index contributed by atoms with van der Waals surface area (Å²) in [7, 11) is 0. The molecule has 1 aliphatic rings. The third kappa shape index (κ3) is 11.8. The van der Waals surface area contributed by atoms with Crippen LogP contribution in [0.2, 0.25) is 0 Å². The van der Waals surface area contributed by atoms with Crippen LogP contribution in [0.15, 0.2) is 60.7 Å². The zero-order chi connectivity index (χ0) is 32.9. The third-order valence-electron chi connectivity index (χ3n) is 6.41. The van der Waals surface area contributed by atoms with Crippen LogP contribution in [0, 0.1) is 0 Å². The molecule has 0 saturated carbocycles. The molecule has 1 unspecified atom stereocenters. The number of alkyl halides is 1. The first-order chi connectivity index (χ1) is 21.4. The van der Waals surface area contributed by atoms with Crippen LogP contribution in [0.25, 0.3) is 0 Å². The van der Waals surface area contributed by atoms with Gasteiger partial charge in [0, 0.05) is 20.8 Å². The fraction of sp³-hybridized carbons (Fsp3) is 0.419. The van der Waals surface area contributed by atoms with Crippen LogP contribution in [0.4, 0.5) is 0 Å². The van der Waals surface area contributed by atoms with Crippen LogP contribution in [0.3, 0.4) is 0 Å². The van der Waals surface area contributed by atoms with Gasteiger partial charge in [-0.25, -0.2) is 4.79 Å². The van der Waals surface area contributed by atoms with Crippen molar-refractivity contribution in [2.45, 2.75) is 74.7 Å². The maximum atomic E-state index is 13.3. The van der Waals surface area contributed by atoms with E-state index in [1.807, 2.05) is 28.7 Å². The van der Waals surface area contributed by atoms with E-state index in [1.54, 1.807) is 54.6 Å². The molecule has 1 aliphatic heterocycles. The van der Waals surface area contributed by atoms with Gasteiger partial charge in [-0.2, -0.15) is 0 Å². The van der Waals surface area contributed by atoms with Gasteiger partial charge < -0.3 is 34.3 Å². The summed E-state index contributed by atoms with van der Waals surface area (Å²) in [4.78, 5) is 74.6. The van der Waals surface area contributed by atoms with E-state index in [-0.39, 0.29) is 19.6 Å². The quantitative estimate of drug-likeness (QED) is 0.133. The number of halogens is 1. The van der Waals surface area contributed by atoms with Crippen LogP contribution in [-0.4, -0.2) is 76.8 Å². The van der Waals surface area contributed by atoms with Gasteiger partial charge in [-0.1, -0.05) is 83.3 Å². The first kappa shape index (κ1) is 35.4. The Balaban J connectivity index is 1.77. The fourth-order valence-corrected chi connectivity index (χ4v) is 5.37. The van der Waals surface area contributed by atoms with E-state index in [1.165, 1.54) is 13.8 Å². The molecule has 1 fully saturated rings. The number of nitrogens with one attached hydrogen (secondary N) is 2. The van der Waals surface area contributed by atoms with E-state index in [2.05, 4.69) is 10.6 Å². The molecule has 1 saturated heterocycles. The Hall–Kier alpha value is -4.05. The van der Waals surface area contributed by atoms with Gasteiger partial charge in [-0.15, -0.1) is 0 Å². The normalized spacial score (nSPS) is 21.4. The number of hydrogen-bond donors (Lipinski definition) is 2. The van der Waals surface area contributed by atoms with Crippen molar-refractivity contribution in [3.05, 3.63) is 71.8 Å². The Kier molecular flexibility index (Phi) is 13.7. The van der Waals surface area contributed by atoms with Gasteiger partial charge in [-0.3, -0.25) is 24.0 Å². The highest BCUT2D eigenvalue weighted by Gasteiger charge is 2.50. The summed E-state index contributed by atoms with van der Waals surface area (Å²) in [5, 5.41) is 5.23. The minimum atomic E-state index is -1.35. The Bertz CT molecular complexity index is 1340. The summed E-state index contributed by atoms with van der Waals surface area (Å²) in [6.45, 7) is 3.06. The number of carbonyl (C=O) groups excluding carboxylic acids is 6. The number of benzene rings is 2. The second kappa shape index (κ2) is 17.4. The van der Waals surface area contributed by atoms with Gasteiger partial charge in [-0.05, 0) is 11.1 Å². The smallest absolute Gasteiger partial charge is 0.329 e. The third-order valence-corrected chi connectivity index (χ3v) is 7.78. The van der Waals surface area contributed by atoms with Crippen molar-refractivity contribution in [2.75, 3.05) is 6.61 Å². The number of rotatable bonds is 13. The highest BCUT2D eigenvalue weighted by Crippen LogP contribution is 2.31. The highest BCUT2D eigenvalue weighted by molar-refractivity contribution is 14.1. The van der Waals surface area contributed by atoms with Gasteiger partial charge in [0.15, 0.2) is 12.2 Å². The summed E-state index contributed by atoms with van der Waals surface area (Å²) >= 11 is 1.88. The lowest BCUT2D eigenvalue weighted by atomic mass is 10.00. The lowest BCUT2D eigenvalue weighted by Gasteiger charge is -2.43. The van der Waals surface area contributed by atoms with Crippen molar-refractivity contribution in [2.24, 2.45) is 0 Å². The maximum absolute atomic E-state index is 13.3. The number of ether oxygens (including phenoxy) is 5. The molecule has 45 heavy (non-hydrogen) atoms. The van der Waals surface area contributed by atoms with Crippen LogP contribution < -0.4 is 10.6 Å². The summed E-state index contributed by atoms with van der Waals surface area (Å²) in [5.41, 5.74) is 1.42. The van der Waals surface area contributed by atoms with Crippen molar-refractivity contribution < 1.29 is 52.5 Å². The molecule has 2 N–H and O–H groups in total. The molecule has 0 bridgehead atoms. The van der Waals surface area contributed by atoms with Crippen molar-refractivity contribution in [1.29, 1.82) is 0 Å². The topological polar surface area (TPSA) is 173 Å². The molecular weight excluding hydrogens is 703 g/mol. The largest absolute Gasteiger partial charge is 0.463 e. The zero-order valence-corrected chi connectivity index (χ0v) is 27.1. The van der Waals surface area contributed by atoms with E-state index in [9.17, 15) is 28.8 Å². The van der Waals surface area contributed by atoms with Crippen LogP contribution >= 0.6 is 22.6 Å². The van der Waals surface area contributed by atoms with Crippen LogP contribution in [0.5, 0.6) is 0 Å². The number of carbonyl (C=O) groups is 6. The predicted octanol–water partition coefficient (Wildman–Crippen LogP) is 1.92. The van der Waals surface area contributed by atoms with E-state index in [0.717, 1.165) is 6.92 Å². The molecule has 14 heteroatoms. The highest BCUT2D eigenvalue weighted by atomic mass is 127. The minimum Gasteiger partial charge on any atom is -0.463 e. The molecule has 242 valence electrons. The van der Waals surface area contributed by atoms with Gasteiger partial charge in [0.2, 0.25) is 11.8 Å². The summed E-state index contributed by atoms with van der Waals surface area (Å²) < 4.78 is 26.5. The van der Waals surface area contributed by atoms with Gasteiger partial charge in [0.1, 0.15) is 31.6 Å². The molecule has 0 radical (unpaired) electrons. The van der Waals surface area contributed by atoms with E-state index in [0.29, 0.717) is 11.1 Å². The predicted molar refractivity (Wildman–Crippen MR) is 165 cm³/mol. The minimum absolute atomic E-state index is 0.0358. The van der Waals surface area contributed by atoms with Crippen LogP contribution in [-0.2, 0) is 65.5 Å². The average molecular weight is 739 g/mol. The molecule has 6 atom stereocenters. The second-order valence-corrected chi connectivity index (χ2v) is 11.6. The van der Waals surface area contributed by atoms with Crippen molar-refractivity contribution >= 4 is 58.3 Å². The van der Waals surface area contributed by atoms with Gasteiger partial charge in [0.05, 0.1) is 16.8 Å². The molecular formula is C31H35IN2O11. The lowest BCUT2D eigenvalue weighted by Crippen LogP contribution is -2.63. The molecule has 1 heterocycles. The molecule has 0 aliphatic carbocycles. The Labute approximate surface area is 273 Å². The van der Waals surface area contributed by atoms with Crippen molar-refractivity contribution in [1.82, 2.24) is 10.6 Å². The molecule has 2 amide bonds. The fourth-order valence-electron chi connectivity index (χ4n) is 4.46. The SMILES string of the molecule is CC(=O)OC[C@H]1O[C@@H](NC(=O)CC(NC(=O)Cc2ccccc2)C(=O)OCc2ccccc2)[C@H](I)[C@@H](OC(C)=O)[C@@H]1OC(C)=O. The van der Waals surface area contributed by atoms with Gasteiger partial charge in [0.25, 0.3) is 0 Å². The van der Waals surface area contributed by atoms with Crippen LogP contribution in [0.1, 0.15) is 38.3 Å². The molecule has 2 aromatic rings. The molecule has 13 nitrogen and oxygen atoms in total. The second-order valence-electron chi connectivity index (χ2n) is 10.1. The maximum Gasteiger partial charge on any atom is 0.329 e. The average Bonchev–Trinajstić information content (AvgIpc) is 2.98. The monoisotopic (exact) mass is 738 g/mol. The molecule has 0 spiro atoms. The zero-order valence-electron chi connectivity index (χ0n) is 24.9. The number of amides is 2.